The summed E-state index contributed by atoms with van der Waals surface area (Å²) in [5.41, 5.74) is 0.993. The minimum atomic E-state index is -1.09. The smallest absolute Gasteiger partial charge is 0.341 e. The van der Waals surface area contributed by atoms with Crippen LogP contribution >= 0.6 is 15.9 Å². The monoisotopic (exact) mass is 444 g/mol. The van der Waals surface area contributed by atoms with Gasteiger partial charge in [-0.15, -0.1) is 0 Å². The number of carbonyl (C=O) groups is 2. The topological polar surface area (TPSA) is 109 Å². The van der Waals surface area contributed by atoms with Crippen molar-refractivity contribution in [1.29, 1.82) is 5.26 Å². The van der Waals surface area contributed by atoms with Gasteiger partial charge >= 0.3 is 5.97 Å². The molecule has 28 heavy (non-hydrogen) atoms. The molecule has 2 aromatic carbocycles. The first kappa shape index (κ1) is 21.0. The highest BCUT2D eigenvalue weighted by Crippen LogP contribution is 2.27. The Labute approximate surface area is 170 Å². The number of nitrogens with one attached hydrogen (secondary N) is 1. The first-order chi connectivity index (χ1) is 13.4. The first-order valence-corrected chi connectivity index (χ1v) is 9.02. The Kier molecular flexibility index (Phi) is 7.60. The van der Waals surface area contributed by atoms with Gasteiger partial charge in [0.1, 0.15) is 23.1 Å². The fraction of sp³-hybridized carbons (Fsp3) is 0.150. The van der Waals surface area contributed by atoms with Crippen LogP contribution in [0.15, 0.2) is 52.5 Å². The highest BCUT2D eigenvalue weighted by atomic mass is 79.9. The number of hydrogen-bond acceptors (Lipinski definition) is 5. The molecule has 0 spiro atoms. The van der Waals surface area contributed by atoms with Gasteiger partial charge in [-0.3, -0.25) is 4.79 Å². The number of rotatable bonds is 8. The highest BCUT2D eigenvalue weighted by molar-refractivity contribution is 9.10. The molecular formula is C20H17BrN2O5. The Morgan fingerprint density at radius 2 is 2.04 bits per heavy atom. The van der Waals surface area contributed by atoms with Crippen LogP contribution in [0.3, 0.4) is 0 Å². The number of nitriles is 1. The first-order valence-electron chi connectivity index (χ1n) is 8.23. The number of carbonyl (C=O) groups excluding carboxylic acids is 1. The number of aliphatic carboxylic acids is 1. The number of carboxylic acid groups (broad SMARTS) is 1. The van der Waals surface area contributed by atoms with Gasteiger partial charge in [0.05, 0.1) is 11.1 Å². The van der Waals surface area contributed by atoms with Crippen molar-refractivity contribution < 1.29 is 24.2 Å². The lowest BCUT2D eigenvalue weighted by Gasteiger charge is -2.08. The Morgan fingerprint density at radius 1 is 1.25 bits per heavy atom. The van der Waals surface area contributed by atoms with Crippen LogP contribution in [0.5, 0.6) is 11.5 Å². The second kappa shape index (κ2) is 10.1. The SMILES string of the molecule is CCOc1cccc(NC(=O)C(C#N)=Cc2ccc(OCC(=O)O)c(Br)c2)c1. The summed E-state index contributed by atoms with van der Waals surface area (Å²) in [6.07, 6.45) is 1.42. The Balaban J connectivity index is 2.15. The predicted molar refractivity (Wildman–Crippen MR) is 107 cm³/mol. The van der Waals surface area contributed by atoms with Gasteiger partial charge in [-0.1, -0.05) is 12.1 Å². The zero-order chi connectivity index (χ0) is 20.5. The minimum Gasteiger partial charge on any atom is -0.494 e. The van der Waals surface area contributed by atoms with Crippen LogP contribution < -0.4 is 14.8 Å². The lowest BCUT2D eigenvalue weighted by molar-refractivity contribution is -0.139. The van der Waals surface area contributed by atoms with E-state index in [0.29, 0.717) is 33.8 Å². The molecule has 1 amide bonds. The Bertz CT molecular complexity index is 950. The molecule has 0 aliphatic carbocycles. The highest BCUT2D eigenvalue weighted by Gasteiger charge is 2.11. The maximum absolute atomic E-state index is 12.4. The number of benzene rings is 2. The second-order valence-corrected chi connectivity index (χ2v) is 6.31. The standard InChI is InChI=1S/C20H17BrN2O5/c1-2-27-16-5-3-4-15(10-16)23-20(26)14(11-22)8-13-6-7-18(17(21)9-13)28-12-19(24)25/h3-10H,2,12H2,1H3,(H,23,26)(H,24,25). The fourth-order valence-electron chi connectivity index (χ4n) is 2.21. The number of nitrogens with zero attached hydrogens (tertiary/aromatic N) is 1. The molecule has 0 aliphatic heterocycles. The summed E-state index contributed by atoms with van der Waals surface area (Å²) < 4.78 is 11.0. The van der Waals surface area contributed by atoms with Crippen LogP contribution in [0.2, 0.25) is 0 Å². The van der Waals surface area contributed by atoms with Crippen molar-refractivity contribution >= 4 is 39.6 Å². The molecule has 0 unspecified atom stereocenters. The zero-order valence-electron chi connectivity index (χ0n) is 14.9. The van der Waals surface area contributed by atoms with Gasteiger partial charge in [-0.2, -0.15) is 5.26 Å². The molecule has 2 aromatic rings. The van der Waals surface area contributed by atoms with E-state index in [-0.39, 0.29) is 5.57 Å². The van der Waals surface area contributed by atoms with Gasteiger partial charge < -0.3 is 19.9 Å². The van der Waals surface area contributed by atoms with Gasteiger partial charge in [0, 0.05) is 11.8 Å². The molecule has 0 radical (unpaired) electrons. The van der Waals surface area contributed by atoms with Crippen LogP contribution in [-0.2, 0) is 9.59 Å². The average Bonchev–Trinajstić information content (AvgIpc) is 2.65. The van der Waals surface area contributed by atoms with Gasteiger partial charge in [0.25, 0.3) is 5.91 Å². The molecule has 0 fully saturated rings. The van der Waals surface area contributed by atoms with Crippen molar-refractivity contribution in [2.75, 3.05) is 18.5 Å². The molecule has 0 saturated heterocycles. The van der Waals surface area contributed by atoms with Crippen LogP contribution in [-0.4, -0.2) is 30.2 Å². The molecule has 0 atom stereocenters. The average molecular weight is 445 g/mol. The number of halogens is 1. The van der Waals surface area contributed by atoms with Crippen molar-refractivity contribution in [3.05, 3.63) is 58.1 Å². The van der Waals surface area contributed by atoms with E-state index in [9.17, 15) is 14.9 Å². The van der Waals surface area contributed by atoms with E-state index in [1.165, 1.54) is 6.08 Å². The molecular weight excluding hydrogens is 428 g/mol. The summed E-state index contributed by atoms with van der Waals surface area (Å²) in [6.45, 7) is 1.89. The van der Waals surface area contributed by atoms with Gasteiger partial charge in [0.2, 0.25) is 0 Å². The third-order valence-corrected chi connectivity index (χ3v) is 4.01. The molecule has 8 heteroatoms. The fourth-order valence-corrected chi connectivity index (χ4v) is 2.72. The maximum Gasteiger partial charge on any atom is 0.341 e. The second-order valence-electron chi connectivity index (χ2n) is 5.46. The number of hydrogen-bond donors (Lipinski definition) is 2. The summed E-state index contributed by atoms with van der Waals surface area (Å²) in [6, 6.07) is 13.5. The quantitative estimate of drug-likeness (QED) is 0.472. The van der Waals surface area contributed by atoms with E-state index in [1.807, 2.05) is 13.0 Å². The maximum atomic E-state index is 12.4. The molecule has 144 valence electrons. The van der Waals surface area contributed by atoms with Crippen LogP contribution in [0, 0.1) is 11.3 Å². The molecule has 7 nitrogen and oxygen atoms in total. The summed E-state index contributed by atoms with van der Waals surface area (Å²) in [4.78, 5) is 23.0. The molecule has 0 heterocycles. The lowest BCUT2D eigenvalue weighted by Crippen LogP contribution is -2.13. The van der Waals surface area contributed by atoms with E-state index >= 15 is 0 Å². The van der Waals surface area contributed by atoms with E-state index < -0.39 is 18.5 Å². The van der Waals surface area contributed by atoms with Crippen molar-refractivity contribution in [3.8, 4) is 17.6 Å². The normalized spacial score (nSPS) is 10.7. The summed E-state index contributed by atoms with van der Waals surface area (Å²) >= 11 is 3.28. The summed E-state index contributed by atoms with van der Waals surface area (Å²) in [5, 5.41) is 20.7. The molecule has 0 aromatic heterocycles. The minimum absolute atomic E-state index is 0.0899. The zero-order valence-corrected chi connectivity index (χ0v) is 16.5. The third-order valence-electron chi connectivity index (χ3n) is 3.39. The van der Waals surface area contributed by atoms with Crippen LogP contribution in [0.1, 0.15) is 12.5 Å². The van der Waals surface area contributed by atoms with E-state index in [4.69, 9.17) is 14.6 Å². The summed E-state index contributed by atoms with van der Waals surface area (Å²) in [7, 11) is 0. The van der Waals surface area contributed by atoms with Gasteiger partial charge in [0.15, 0.2) is 6.61 Å². The van der Waals surface area contributed by atoms with Crippen molar-refractivity contribution in [1.82, 2.24) is 0 Å². The largest absolute Gasteiger partial charge is 0.494 e. The van der Waals surface area contributed by atoms with Crippen LogP contribution in [0.25, 0.3) is 6.08 Å². The Morgan fingerprint density at radius 3 is 2.68 bits per heavy atom. The van der Waals surface area contributed by atoms with E-state index in [0.717, 1.165) is 0 Å². The number of carboxylic acids is 1. The third kappa shape index (κ3) is 6.14. The number of ether oxygens (including phenoxy) is 2. The molecule has 0 aliphatic rings. The number of anilines is 1. The lowest BCUT2D eigenvalue weighted by atomic mass is 10.1. The van der Waals surface area contributed by atoms with Crippen molar-refractivity contribution in [3.63, 3.8) is 0 Å². The van der Waals surface area contributed by atoms with Gasteiger partial charge in [-0.25, -0.2) is 4.79 Å². The van der Waals surface area contributed by atoms with Crippen molar-refractivity contribution in [2.24, 2.45) is 0 Å². The molecule has 2 N–H and O–H groups in total. The predicted octanol–water partition coefficient (Wildman–Crippen LogP) is 3.86. The van der Waals surface area contributed by atoms with Gasteiger partial charge in [-0.05, 0) is 58.8 Å². The van der Waals surface area contributed by atoms with E-state index in [2.05, 4.69) is 21.2 Å². The molecule has 0 saturated carbocycles. The number of amides is 1. The van der Waals surface area contributed by atoms with Crippen LogP contribution in [0.4, 0.5) is 5.69 Å². The Hall–Kier alpha value is -3.31. The molecule has 0 bridgehead atoms. The molecule has 2 rings (SSSR count). The summed E-state index contributed by atoms with van der Waals surface area (Å²) in [5.74, 6) is -0.690. The van der Waals surface area contributed by atoms with Crippen molar-refractivity contribution in [2.45, 2.75) is 6.92 Å². The van der Waals surface area contributed by atoms with E-state index in [1.54, 1.807) is 42.5 Å².